The van der Waals surface area contributed by atoms with E-state index in [1.165, 1.54) is 149 Å². The van der Waals surface area contributed by atoms with Crippen molar-refractivity contribution in [1.29, 1.82) is 0 Å². The molecule has 0 aliphatic heterocycles. The van der Waals surface area contributed by atoms with Crippen LogP contribution in [0.3, 0.4) is 0 Å². The van der Waals surface area contributed by atoms with Gasteiger partial charge in [-0.2, -0.15) is 20.4 Å². The molecule has 16 aromatic rings. The van der Waals surface area contributed by atoms with Crippen LogP contribution in [0.5, 0.6) is 46.0 Å². The van der Waals surface area contributed by atoms with E-state index in [0.29, 0.717) is 113 Å². The Morgan fingerprint density at radius 1 is 0.331 bits per heavy atom. The van der Waals surface area contributed by atoms with Gasteiger partial charge in [0.2, 0.25) is 0 Å². The number of nitrogens with zero attached hydrogens (tertiary/aromatic N) is 24. The van der Waals surface area contributed by atoms with Crippen LogP contribution in [0.15, 0.2) is 176 Å². The number of aliphatic hydroxyl groups is 4. The summed E-state index contributed by atoms with van der Waals surface area (Å²) in [7, 11) is 24.6. The molecule has 0 fully saturated rings. The Labute approximate surface area is 776 Å². The van der Waals surface area contributed by atoms with Gasteiger partial charge in [0.15, 0.2) is 68.9 Å². The molecule has 0 amide bonds. The lowest BCUT2D eigenvalue weighted by Crippen LogP contribution is -2.32. The molecule has 40 nitrogen and oxygen atoms in total. The van der Waals surface area contributed by atoms with E-state index in [0.717, 1.165) is 22.3 Å². The first kappa shape index (κ1) is 98.2. The van der Waals surface area contributed by atoms with Crippen LogP contribution in [0.4, 0.5) is 57.8 Å². The molecule has 4 unspecified atom stereocenters. The number of hydrogen-bond donors (Lipinski definition) is 4. The summed E-state index contributed by atoms with van der Waals surface area (Å²) in [4.78, 5) is 59.4. The topological polar surface area (TPSA) is 432 Å². The number of aromatic nitrogens is 20. The second kappa shape index (κ2) is 45.4. The van der Waals surface area contributed by atoms with Gasteiger partial charge in [-0.15, -0.1) is 0 Å². The van der Waals surface area contributed by atoms with Crippen LogP contribution in [-0.2, 0) is 53.7 Å². The van der Waals surface area contributed by atoms with Crippen molar-refractivity contribution in [2.75, 3.05) is 146 Å². The second-order valence-corrected chi connectivity index (χ2v) is 30.2. The number of anilines is 6. The van der Waals surface area contributed by atoms with Gasteiger partial charge in [0.25, 0.3) is 0 Å². The van der Waals surface area contributed by atoms with Crippen molar-refractivity contribution in [2.45, 2.75) is 31.0 Å². The Morgan fingerprint density at radius 2 is 0.625 bits per heavy atom. The van der Waals surface area contributed by atoms with Gasteiger partial charge in [-0.25, -0.2) is 57.4 Å². The Morgan fingerprint density at radius 3 is 0.926 bits per heavy atom. The van der Waals surface area contributed by atoms with Crippen molar-refractivity contribution in [3.63, 3.8) is 0 Å². The highest BCUT2D eigenvalue weighted by Gasteiger charge is 2.29. The standard InChI is InChI=1S/4C23H25FN6O4/c3*1-29-11-14(9-26-29)18-10-25-17-5-6-21(28-23(17)27-18)30(12-15(31)13-32-2)19-7-16(33-3)8-20(34-4)22(19)24;1-29-11-14(9-26-29)19-10-25-17-5-6-21(30(23(17)28-19)12-15(31)13-32-2)27-18-7-16(33-3)8-20(34-4)22(18)24/h4*5-11,15,31H,12-13H2,1-4H3. The maximum Gasteiger partial charge on any atom is 0.190 e. The fourth-order valence-corrected chi connectivity index (χ4v) is 14.1. The summed E-state index contributed by atoms with van der Waals surface area (Å²) < 4.78 is 132. The van der Waals surface area contributed by atoms with Gasteiger partial charge in [-0.05, 0) is 48.5 Å². The number of pyridine rings is 4. The molecule has 712 valence electrons. The Balaban J connectivity index is 0.000000153. The molecule has 12 aromatic heterocycles. The maximum absolute atomic E-state index is 15.4. The lowest BCUT2D eigenvalue weighted by molar-refractivity contribution is 0.0536. The SMILES string of the molecule is COCC(O)CN(c1ccc2ncc(-c3cnn(C)c3)nc2n1)c1cc(OC)cc(OC)c1F.COCC(O)CN(c1ccc2ncc(-c3cnn(C)c3)nc2n1)c1cc(OC)cc(OC)c1F.COCC(O)CN(c1ccc2ncc(-c3cnn(C)c3)nc2n1)c1cc(OC)cc(OC)c1F.COCC(O)Cn1c(=Nc2cc(OC)cc(OC)c2F)ccc2ncc(-c3cnn(C)c3)nc21. The molecule has 0 aliphatic carbocycles. The Kier molecular flexibility index (Phi) is 32.8. The average molecular weight is 1870 g/mol. The molecule has 4 N–H and O–H groups in total. The number of ether oxygens (including phenoxy) is 12. The van der Waals surface area contributed by atoms with E-state index in [2.05, 4.69) is 75.2 Å². The Hall–Kier alpha value is -15.3. The summed E-state index contributed by atoms with van der Waals surface area (Å²) in [6, 6.07) is 25.5. The summed E-state index contributed by atoms with van der Waals surface area (Å²) in [5.41, 5.74) is 10.1. The molecule has 16 rings (SSSR count). The Bertz CT molecular complexity index is 6420. The zero-order chi connectivity index (χ0) is 97.0. The first-order valence-corrected chi connectivity index (χ1v) is 41.7. The number of methoxy groups -OCH3 is 12. The number of halogens is 4. The normalized spacial score (nSPS) is 12.2. The van der Waals surface area contributed by atoms with Crippen LogP contribution in [0.1, 0.15) is 0 Å². The summed E-state index contributed by atoms with van der Waals surface area (Å²) >= 11 is 0. The van der Waals surface area contributed by atoms with Crippen molar-refractivity contribution in [3.8, 4) is 91.0 Å². The number of hydrogen-bond acceptors (Lipinski definition) is 35. The fourth-order valence-electron chi connectivity index (χ4n) is 14.1. The van der Waals surface area contributed by atoms with E-state index in [4.69, 9.17) is 61.8 Å². The van der Waals surface area contributed by atoms with E-state index >= 15 is 17.6 Å². The third-order valence-electron chi connectivity index (χ3n) is 20.6. The largest absolute Gasteiger partial charge is 0.497 e. The van der Waals surface area contributed by atoms with E-state index in [1.807, 2.05) is 53.0 Å². The van der Waals surface area contributed by atoms with Crippen molar-refractivity contribution in [3.05, 3.63) is 200 Å². The summed E-state index contributed by atoms with van der Waals surface area (Å²) in [5, 5.41) is 58.6. The molecule has 0 saturated heterocycles. The van der Waals surface area contributed by atoms with E-state index in [1.54, 1.807) is 121 Å². The molecule has 0 bridgehead atoms. The fraction of sp³-hybridized carbons (Fsp3) is 0.304. The van der Waals surface area contributed by atoms with Gasteiger partial charge in [0, 0.05) is 152 Å². The third kappa shape index (κ3) is 23.5. The smallest absolute Gasteiger partial charge is 0.190 e. The minimum atomic E-state index is -0.924. The minimum absolute atomic E-state index is 0.0000241. The van der Waals surface area contributed by atoms with Gasteiger partial charge >= 0.3 is 0 Å². The number of fused-ring (bicyclic) bond motifs is 4. The monoisotopic (exact) mass is 1870 g/mol. The van der Waals surface area contributed by atoms with Gasteiger partial charge in [-0.3, -0.25) is 38.7 Å². The van der Waals surface area contributed by atoms with Crippen LogP contribution in [-0.4, -0.2) is 275 Å². The third-order valence-corrected chi connectivity index (χ3v) is 20.6. The maximum atomic E-state index is 15.4. The summed E-state index contributed by atoms with van der Waals surface area (Å²) in [6.45, 7) is 0.338. The lowest BCUT2D eigenvalue weighted by Gasteiger charge is -2.27. The van der Waals surface area contributed by atoms with Crippen LogP contribution in [0.2, 0.25) is 0 Å². The molecule has 0 radical (unpaired) electrons. The molecule has 44 heteroatoms. The summed E-state index contributed by atoms with van der Waals surface area (Å²) in [6.07, 6.45) is 17.0. The lowest BCUT2D eigenvalue weighted by atomic mass is 10.2. The second-order valence-electron chi connectivity index (χ2n) is 30.2. The van der Waals surface area contributed by atoms with E-state index in [9.17, 15) is 20.4 Å². The van der Waals surface area contributed by atoms with Crippen molar-refractivity contribution < 1.29 is 94.8 Å². The van der Waals surface area contributed by atoms with Crippen molar-refractivity contribution in [2.24, 2.45) is 33.2 Å². The minimum Gasteiger partial charge on any atom is -0.497 e. The predicted octanol–water partition coefficient (Wildman–Crippen LogP) is 10.4. The molecule has 0 aliphatic rings. The van der Waals surface area contributed by atoms with Crippen LogP contribution >= 0.6 is 0 Å². The molecule has 12 heterocycles. The highest BCUT2D eigenvalue weighted by molar-refractivity contribution is 5.81. The number of aryl methyl sites for hydroxylation is 4. The molecule has 0 spiro atoms. The zero-order valence-electron chi connectivity index (χ0n) is 77.1. The van der Waals surface area contributed by atoms with Crippen molar-refractivity contribution in [1.82, 2.24) is 98.5 Å². The summed E-state index contributed by atoms with van der Waals surface area (Å²) in [5.74, 6) is 0.129. The number of benzene rings is 4. The first-order chi connectivity index (χ1) is 65.7. The zero-order valence-corrected chi connectivity index (χ0v) is 77.1. The number of aliphatic hydroxyl groups excluding tert-OH is 4. The number of rotatable bonds is 35. The van der Waals surface area contributed by atoms with Gasteiger partial charge in [0.05, 0.1) is 223 Å². The average Bonchev–Trinajstić information content (AvgIpc) is 1.28. The highest BCUT2D eigenvalue weighted by Crippen LogP contribution is 2.42. The molecular weight excluding hydrogens is 1770 g/mol. The first-order valence-electron chi connectivity index (χ1n) is 41.7. The molecule has 136 heavy (non-hydrogen) atoms. The highest BCUT2D eigenvalue weighted by atomic mass is 19.1. The van der Waals surface area contributed by atoms with Gasteiger partial charge in [0.1, 0.15) is 73.7 Å². The van der Waals surface area contributed by atoms with Crippen LogP contribution in [0, 0.1) is 23.3 Å². The molecule has 4 atom stereocenters. The predicted molar refractivity (Wildman–Crippen MR) is 494 cm³/mol. The van der Waals surface area contributed by atoms with Gasteiger partial charge < -0.3 is 96.5 Å². The van der Waals surface area contributed by atoms with E-state index < -0.39 is 47.7 Å². The molecule has 0 saturated carbocycles. The molecular formula is C92H100F4N24O16. The quantitative estimate of drug-likeness (QED) is 0.0268. The van der Waals surface area contributed by atoms with Crippen LogP contribution < -0.4 is 58.1 Å². The van der Waals surface area contributed by atoms with E-state index in [-0.39, 0.29) is 98.4 Å². The van der Waals surface area contributed by atoms with Crippen molar-refractivity contribution >= 4 is 84.9 Å². The molecule has 4 aromatic carbocycles. The van der Waals surface area contributed by atoms with Gasteiger partial charge in [-0.1, -0.05) is 0 Å². The van der Waals surface area contributed by atoms with Crippen LogP contribution in [0.25, 0.3) is 89.7 Å².